The molecule has 0 saturated carbocycles. The topological polar surface area (TPSA) is 74.6 Å². The highest BCUT2D eigenvalue weighted by atomic mass is 16.3. The number of carbonyl (C=O) groups excluding carboxylic acids is 2. The van der Waals surface area contributed by atoms with Gasteiger partial charge in [-0.25, -0.2) is 0 Å². The monoisotopic (exact) mass is 439 g/mol. The number of furan rings is 1. The minimum Gasteiger partial charge on any atom is -0.459 e. The fraction of sp³-hybridized carbons (Fsp3) is 0.538. The van der Waals surface area contributed by atoms with Gasteiger partial charge in [0.1, 0.15) is 0 Å². The molecule has 1 saturated heterocycles. The molecule has 0 spiro atoms. The maximum absolute atomic E-state index is 12.8. The maximum Gasteiger partial charge on any atom is 0.287 e. The Hall–Kier alpha value is -2.60. The number of unbranched alkanes of at least 4 members (excludes halogenated alkanes) is 1. The second kappa shape index (κ2) is 12.4. The third-order valence-electron chi connectivity index (χ3n) is 5.99. The number of nitrogens with zero attached hydrogens (tertiary/aromatic N) is 1. The van der Waals surface area contributed by atoms with Crippen molar-refractivity contribution in [1.82, 2.24) is 15.5 Å². The Morgan fingerprint density at radius 3 is 2.66 bits per heavy atom. The van der Waals surface area contributed by atoms with Gasteiger partial charge in [-0.2, -0.15) is 0 Å². The van der Waals surface area contributed by atoms with Gasteiger partial charge in [0, 0.05) is 19.1 Å². The van der Waals surface area contributed by atoms with Crippen molar-refractivity contribution in [3.05, 3.63) is 60.1 Å². The van der Waals surface area contributed by atoms with Gasteiger partial charge in [0.05, 0.1) is 12.3 Å². The van der Waals surface area contributed by atoms with Crippen LogP contribution >= 0.6 is 0 Å². The summed E-state index contributed by atoms with van der Waals surface area (Å²) in [4.78, 5) is 27.6. The average Bonchev–Trinajstić information content (AvgIpc) is 3.46. The molecule has 1 aromatic heterocycles. The van der Waals surface area contributed by atoms with E-state index in [-0.39, 0.29) is 23.9 Å². The zero-order valence-corrected chi connectivity index (χ0v) is 19.4. The Kier molecular flexibility index (Phi) is 9.35. The highest BCUT2D eigenvalue weighted by molar-refractivity contribution is 5.91. The summed E-state index contributed by atoms with van der Waals surface area (Å²) >= 11 is 0. The number of hydrogen-bond donors (Lipinski definition) is 2. The molecule has 174 valence electrons. The number of benzene rings is 1. The summed E-state index contributed by atoms with van der Waals surface area (Å²) in [7, 11) is 0. The third-order valence-corrected chi connectivity index (χ3v) is 5.99. The predicted octanol–water partition coefficient (Wildman–Crippen LogP) is 4.03. The van der Waals surface area contributed by atoms with Gasteiger partial charge in [-0.15, -0.1) is 0 Å². The van der Waals surface area contributed by atoms with Gasteiger partial charge in [-0.1, -0.05) is 44.2 Å². The van der Waals surface area contributed by atoms with Crippen LogP contribution < -0.4 is 10.6 Å². The first-order valence-corrected chi connectivity index (χ1v) is 11.9. The molecule has 1 fully saturated rings. The summed E-state index contributed by atoms with van der Waals surface area (Å²) in [6.07, 6.45) is 7.32. The van der Waals surface area contributed by atoms with Crippen LogP contribution in [0.2, 0.25) is 0 Å². The quantitative estimate of drug-likeness (QED) is 0.490. The van der Waals surface area contributed by atoms with Crippen LogP contribution in [0.5, 0.6) is 0 Å². The van der Waals surface area contributed by atoms with Crippen LogP contribution in [0.15, 0.2) is 53.1 Å². The fourth-order valence-corrected chi connectivity index (χ4v) is 4.47. The first-order chi connectivity index (χ1) is 15.5. The van der Waals surface area contributed by atoms with E-state index in [4.69, 9.17) is 4.42 Å². The van der Waals surface area contributed by atoms with Crippen molar-refractivity contribution in [3.63, 3.8) is 0 Å². The summed E-state index contributed by atoms with van der Waals surface area (Å²) in [6.45, 7) is 6.57. The van der Waals surface area contributed by atoms with Crippen molar-refractivity contribution >= 4 is 11.8 Å². The van der Waals surface area contributed by atoms with Crippen molar-refractivity contribution in [2.75, 3.05) is 19.6 Å². The smallest absolute Gasteiger partial charge is 0.287 e. The summed E-state index contributed by atoms with van der Waals surface area (Å²) in [5.41, 5.74) is 1.34. The average molecular weight is 440 g/mol. The van der Waals surface area contributed by atoms with Gasteiger partial charge in [0.2, 0.25) is 5.91 Å². The molecule has 32 heavy (non-hydrogen) atoms. The standard InChI is InChI=1S/C26H37N3O3/c1-20(2)18-22(28-26(31)24-14-9-17-32-24)19-29-16-8-13-23(29)25(30)27-15-7-6-12-21-10-4-3-5-11-21/h3-5,9-11,14,17,20,22-23H,6-8,12-13,15-16,18-19H2,1-2H3,(H,27,30)(H,28,31)/t22-,23+/m1/s1. The Morgan fingerprint density at radius 2 is 1.94 bits per heavy atom. The lowest BCUT2D eigenvalue weighted by Crippen LogP contribution is -2.50. The highest BCUT2D eigenvalue weighted by Gasteiger charge is 2.32. The second-order valence-electron chi connectivity index (χ2n) is 9.16. The number of carbonyl (C=O) groups is 2. The first-order valence-electron chi connectivity index (χ1n) is 11.9. The van der Waals surface area contributed by atoms with Crippen LogP contribution in [0.3, 0.4) is 0 Å². The van der Waals surface area contributed by atoms with Gasteiger partial charge < -0.3 is 15.1 Å². The molecule has 6 heteroatoms. The maximum atomic E-state index is 12.8. The van der Waals surface area contributed by atoms with Crippen LogP contribution in [0, 0.1) is 5.92 Å². The molecule has 1 aliphatic rings. The molecule has 2 heterocycles. The van der Waals surface area contributed by atoms with E-state index in [2.05, 4.69) is 53.6 Å². The molecule has 0 aliphatic carbocycles. The molecular weight excluding hydrogens is 402 g/mol. The lowest BCUT2D eigenvalue weighted by Gasteiger charge is -2.29. The van der Waals surface area contributed by atoms with E-state index in [1.807, 2.05) is 6.07 Å². The summed E-state index contributed by atoms with van der Waals surface area (Å²) < 4.78 is 5.23. The largest absolute Gasteiger partial charge is 0.459 e. The van der Waals surface area contributed by atoms with Crippen LogP contribution in [0.25, 0.3) is 0 Å². The van der Waals surface area contributed by atoms with E-state index in [9.17, 15) is 9.59 Å². The minimum atomic E-state index is -0.195. The lowest BCUT2D eigenvalue weighted by atomic mass is 10.0. The fourth-order valence-electron chi connectivity index (χ4n) is 4.47. The molecule has 2 atom stereocenters. The second-order valence-corrected chi connectivity index (χ2v) is 9.16. The molecule has 1 aromatic carbocycles. The zero-order valence-electron chi connectivity index (χ0n) is 19.4. The third kappa shape index (κ3) is 7.52. The molecule has 2 amide bonds. The van der Waals surface area contributed by atoms with Crippen LogP contribution in [-0.2, 0) is 11.2 Å². The van der Waals surface area contributed by atoms with Crippen molar-refractivity contribution in [2.45, 2.75) is 64.5 Å². The van der Waals surface area contributed by atoms with Crippen molar-refractivity contribution in [1.29, 1.82) is 0 Å². The molecule has 1 aliphatic heterocycles. The van der Waals surface area contributed by atoms with Crippen molar-refractivity contribution < 1.29 is 14.0 Å². The molecule has 2 aromatic rings. The Bertz CT molecular complexity index is 820. The van der Waals surface area contributed by atoms with Gasteiger partial charge >= 0.3 is 0 Å². The SMILES string of the molecule is CC(C)C[C@H](CN1CCC[C@H]1C(=O)NCCCCc1ccccc1)NC(=O)c1ccco1. The molecule has 0 radical (unpaired) electrons. The number of likely N-dealkylation sites (tertiary alicyclic amines) is 1. The summed E-state index contributed by atoms with van der Waals surface area (Å²) in [6, 6.07) is 13.7. The van der Waals surface area contributed by atoms with Gasteiger partial charge in [0.15, 0.2) is 5.76 Å². The number of aryl methyl sites for hydroxylation is 1. The highest BCUT2D eigenvalue weighted by Crippen LogP contribution is 2.19. The van der Waals surface area contributed by atoms with Gasteiger partial charge in [0.25, 0.3) is 5.91 Å². The Morgan fingerprint density at radius 1 is 1.12 bits per heavy atom. The molecule has 6 nitrogen and oxygen atoms in total. The van der Waals surface area contributed by atoms with E-state index in [1.54, 1.807) is 12.1 Å². The normalized spacial score (nSPS) is 17.4. The Balaban J connectivity index is 1.45. The molecule has 0 bridgehead atoms. The van der Waals surface area contributed by atoms with Gasteiger partial charge in [-0.3, -0.25) is 14.5 Å². The van der Waals surface area contributed by atoms with Crippen LogP contribution in [-0.4, -0.2) is 48.4 Å². The number of rotatable bonds is 12. The van der Waals surface area contributed by atoms with Crippen molar-refractivity contribution in [2.24, 2.45) is 5.92 Å². The number of amides is 2. The number of hydrogen-bond acceptors (Lipinski definition) is 4. The van der Waals surface area contributed by atoms with Gasteiger partial charge in [-0.05, 0) is 68.7 Å². The Labute approximate surface area is 191 Å². The van der Waals surface area contributed by atoms with E-state index in [0.717, 1.165) is 45.1 Å². The predicted molar refractivity (Wildman–Crippen MR) is 126 cm³/mol. The molecule has 3 rings (SSSR count). The van der Waals surface area contributed by atoms with E-state index < -0.39 is 0 Å². The minimum absolute atomic E-state index is 0.0214. The summed E-state index contributed by atoms with van der Waals surface area (Å²) in [5.74, 6) is 0.684. The van der Waals surface area contributed by atoms with E-state index in [0.29, 0.717) is 24.8 Å². The zero-order chi connectivity index (χ0) is 22.8. The van der Waals surface area contributed by atoms with Crippen molar-refractivity contribution in [3.8, 4) is 0 Å². The van der Waals surface area contributed by atoms with Crippen LogP contribution in [0.1, 0.15) is 62.1 Å². The molecule has 2 N–H and O–H groups in total. The van der Waals surface area contributed by atoms with E-state index >= 15 is 0 Å². The molecular formula is C26H37N3O3. The molecule has 0 unspecified atom stereocenters. The van der Waals surface area contributed by atoms with Crippen LogP contribution in [0.4, 0.5) is 0 Å². The lowest BCUT2D eigenvalue weighted by molar-refractivity contribution is -0.125. The van der Waals surface area contributed by atoms with E-state index in [1.165, 1.54) is 11.8 Å². The summed E-state index contributed by atoms with van der Waals surface area (Å²) in [5, 5.41) is 6.24. The number of nitrogens with one attached hydrogen (secondary N) is 2. The first kappa shape index (κ1) is 24.1.